The molecule has 0 unspecified atom stereocenters. The highest BCUT2D eigenvalue weighted by molar-refractivity contribution is 6.32. The number of ether oxygens (including phenoxy) is 2. The van der Waals surface area contributed by atoms with Crippen molar-refractivity contribution in [3.05, 3.63) is 23.2 Å². The van der Waals surface area contributed by atoms with Crippen LogP contribution in [-0.4, -0.2) is 25.7 Å². The van der Waals surface area contributed by atoms with E-state index in [0.29, 0.717) is 16.5 Å². The van der Waals surface area contributed by atoms with Crippen molar-refractivity contribution in [3.63, 3.8) is 0 Å². The molecule has 1 N–H and O–H groups in total. The van der Waals surface area contributed by atoms with Gasteiger partial charge in [-0.25, -0.2) is 0 Å². The maximum Gasteiger partial charge on any atom is 0.256 e. The normalized spacial score (nSPS) is 11.1. The van der Waals surface area contributed by atoms with E-state index in [9.17, 15) is 4.79 Å². The van der Waals surface area contributed by atoms with Crippen LogP contribution in [0.15, 0.2) is 18.2 Å². The summed E-state index contributed by atoms with van der Waals surface area (Å²) >= 11 is 5.89. The molecule has 5 heteroatoms. The molecule has 0 radical (unpaired) electrons. The zero-order valence-corrected chi connectivity index (χ0v) is 11.1. The number of anilines is 1. The summed E-state index contributed by atoms with van der Waals surface area (Å²) in [5, 5.41) is 3.23. The minimum absolute atomic E-state index is 0.232. The summed E-state index contributed by atoms with van der Waals surface area (Å²) in [5.41, 5.74) is -0.270. The van der Waals surface area contributed by atoms with Crippen LogP contribution in [0.4, 0.5) is 5.69 Å². The molecule has 1 aromatic carbocycles. The Balaban J connectivity index is 2.86. The van der Waals surface area contributed by atoms with Crippen LogP contribution in [0.3, 0.4) is 0 Å². The average Bonchev–Trinajstić information content (AvgIpc) is 2.31. The first-order valence-electron chi connectivity index (χ1n) is 5.11. The maximum absolute atomic E-state index is 11.8. The van der Waals surface area contributed by atoms with Crippen LogP contribution in [0, 0.1) is 0 Å². The number of carbonyl (C=O) groups is 1. The molecule has 0 heterocycles. The monoisotopic (exact) mass is 257 g/mol. The Hall–Kier alpha value is -1.26. The van der Waals surface area contributed by atoms with Gasteiger partial charge >= 0.3 is 0 Å². The summed E-state index contributed by atoms with van der Waals surface area (Å²) in [4.78, 5) is 11.8. The summed E-state index contributed by atoms with van der Waals surface area (Å²) in [6.07, 6.45) is 0. The van der Waals surface area contributed by atoms with Crippen molar-refractivity contribution in [2.75, 3.05) is 19.5 Å². The van der Waals surface area contributed by atoms with Crippen molar-refractivity contribution < 1.29 is 14.3 Å². The number of amides is 1. The third kappa shape index (κ3) is 3.35. The van der Waals surface area contributed by atoms with Crippen molar-refractivity contribution in [3.8, 4) is 5.75 Å². The van der Waals surface area contributed by atoms with Crippen LogP contribution < -0.4 is 10.1 Å². The van der Waals surface area contributed by atoms with Gasteiger partial charge < -0.3 is 14.8 Å². The molecular weight excluding hydrogens is 242 g/mol. The van der Waals surface area contributed by atoms with Gasteiger partial charge in [0.1, 0.15) is 11.4 Å². The second-order valence-electron chi connectivity index (χ2n) is 4.02. The van der Waals surface area contributed by atoms with E-state index in [-0.39, 0.29) is 5.91 Å². The first kappa shape index (κ1) is 13.8. The van der Waals surface area contributed by atoms with Gasteiger partial charge in [-0.1, -0.05) is 11.6 Å². The lowest BCUT2D eigenvalue weighted by molar-refractivity contribution is -0.133. The van der Waals surface area contributed by atoms with E-state index >= 15 is 0 Å². The number of methoxy groups -OCH3 is 2. The smallest absolute Gasteiger partial charge is 0.256 e. The maximum atomic E-state index is 11.8. The van der Waals surface area contributed by atoms with Crippen molar-refractivity contribution in [1.29, 1.82) is 0 Å². The molecule has 17 heavy (non-hydrogen) atoms. The zero-order valence-electron chi connectivity index (χ0n) is 10.3. The summed E-state index contributed by atoms with van der Waals surface area (Å²) in [7, 11) is 3.01. The molecular formula is C12H16ClNO3. The fourth-order valence-electron chi connectivity index (χ4n) is 1.11. The molecule has 1 amide bonds. The lowest BCUT2D eigenvalue weighted by atomic mass is 10.1. The first-order chi connectivity index (χ1) is 7.90. The van der Waals surface area contributed by atoms with E-state index in [1.807, 2.05) is 0 Å². The largest absolute Gasteiger partial charge is 0.495 e. The molecule has 0 saturated heterocycles. The minimum Gasteiger partial charge on any atom is -0.495 e. The highest BCUT2D eigenvalue weighted by Crippen LogP contribution is 2.27. The lowest BCUT2D eigenvalue weighted by Crippen LogP contribution is -2.38. The lowest BCUT2D eigenvalue weighted by Gasteiger charge is -2.21. The standard InChI is InChI=1S/C12H16ClNO3/c1-12(2,17-4)11(15)14-8-5-6-9(13)10(7-8)16-3/h5-7H,1-4H3,(H,14,15). The van der Waals surface area contributed by atoms with Gasteiger partial charge in [0.15, 0.2) is 0 Å². The Labute approximate surface area is 106 Å². The predicted octanol–water partition coefficient (Wildman–Crippen LogP) is 2.71. The molecule has 0 aliphatic carbocycles. The molecule has 0 atom stereocenters. The van der Waals surface area contributed by atoms with Gasteiger partial charge in [-0.3, -0.25) is 4.79 Å². The van der Waals surface area contributed by atoms with Gasteiger partial charge in [0.2, 0.25) is 0 Å². The topological polar surface area (TPSA) is 47.6 Å². The molecule has 0 aliphatic rings. The SMILES string of the molecule is COc1cc(NC(=O)C(C)(C)OC)ccc1Cl. The average molecular weight is 258 g/mol. The molecule has 0 bridgehead atoms. The van der Waals surface area contributed by atoms with Crippen molar-refractivity contribution in [2.45, 2.75) is 19.4 Å². The Morgan fingerprint density at radius 3 is 2.53 bits per heavy atom. The number of halogens is 1. The Bertz CT molecular complexity index is 418. The van der Waals surface area contributed by atoms with Gasteiger partial charge in [0.05, 0.1) is 12.1 Å². The first-order valence-corrected chi connectivity index (χ1v) is 5.48. The Morgan fingerprint density at radius 1 is 1.35 bits per heavy atom. The molecule has 0 fully saturated rings. The van der Waals surface area contributed by atoms with Gasteiger partial charge in [-0.15, -0.1) is 0 Å². The number of carbonyl (C=O) groups excluding carboxylic acids is 1. The molecule has 94 valence electrons. The summed E-state index contributed by atoms with van der Waals surface area (Å²) in [6.45, 7) is 3.38. The van der Waals surface area contributed by atoms with E-state index in [2.05, 4.69) is 5.32 Å². The Morgan fingerprint density at radius 2 is 2.00 bits per heavy atom. The fraction of sp³-hybridized carbons (Fsp3) is 0.417. The fourth-order valence-corrected chi connectivity index (χ4v) is 1.31. The molecule has 1 aromatic rings. The Kier molecular flexibility index (Phi) is 4.37. The number of benzene rings is 1. The van der Waals surface area contributed by atoms with Crippen LogP contribution in [0.1, 0.15) is 13.8 Å². The van der Waals surface area contributed by atoms with Gasteiger partial charge in [-0.2, -0.15) is 0 Å². The van der Waals surface area contributed by atoms with Gasteiger partial charge in [-0.05, 0) is 26.0 Å². The molecule has 1 rings (SSSR count). The summed E-state index contributed by atoms with van der Waals surface area (Å²) in [6, 6.07) is 5.02. The highest BCUT2D eigenvalue weighted by Gasteiger charge is 2.27. The number of nitrogens with one attached hydrogen (secondary N) is 1. The molecule has 4 nitrogen and oxygen atoms in total. The molecule has 0 aromatic heterocycles. The van der Waals surface area contributed by atoms with E-state index < -0.39 is 5.60 Å². The number of hydrogen-bond acceptors (Lipinski definition) is 3. The minimum atomic E-state index is -0.882. The summed E-state index contributed by atoms with van der Waals surface area (Å²) < 4.78 is 10.1. The van der Waals surface area contributed by atoms with Crippen molar-refractivity contribution in [2.24, 2.45) is 0 Å². The quantitative estimate of drug-likeness (QED) is 0.902. The zero-order chi connectivity index (χ0) is 13.1. The van der Waals surface area contributed by atoms with E-state index in [4.69, 9.17) is 21.1 Å². The van der Waals surface area contributed by atoms with E-state index in [1.54, 1.807) is 32.0 Å². The molecule has 0 saturated carbocycles. The number of rotatable bonds is 4. The third-order valence-corrected chi connectivity index (χ3v) is 2.78. The van der Waals surface area contributed by atoms with E-state index in [0.717, 1.165) is 0 Å². The van der Waals surface area contributed by atoms with Crippen LogP contribution >= 0.6 is 11.6 Å². The van der Waals surface area contributed by atoms with Gasteiger partial charge in [0.25, 0.3) is 5.91 Å². The molecule has 0 spiro atoms. The predicted molar refractivity (Wildman–Crippen MR) is 67.7 cm³/mol. The van der Waals surface area contributed by atoms with Crippen LogP contribution in [0.25, 0.3) is 0 Å². The van der Waals surface area contributed by atoms with E-state index in [1.165, 1.54) is 14.2 Å². The van der Waals surface area contributed by atoms with Crippen LogP contribution in [0.2, 0.25) is 5.02 Å². The third-order valence-electron chi connectivity index (χ3n) is 2.47. The second-order valence-corrected chi connectivity index (χ2v) is 4.43. The number of hydrogen-bond donors (Lipinski definition) is 1. The molecule has 0 aliphatic heterocycles. The van der Waals surface area contributed by atoms with Crippen molar-refractivity contribution >= 4 is 23.2 Å². The highest BCUT2D eigenvalue weighted by atomic mass is 35.5. The second kappa shape index (κ2) is 5.38. The van der Waals surface area contributed by atoms with Crippen molar-refractivity contribution in [1.82, 2.24) is 0 Å². The van der Waals surface area contributed by atoms with Gasteiger partial charge in [0, 0.05) is 18.9 Å². The van der Waals surface area contributed by atoms with Crippen LogP contribution in [0.5, 0.6) is 5.75 Å². The summed E-state index contributed by atoms with van der Waals surface area (Å²) in [5.74, 6) is 0.282. The van der Waals surface area contributed by atoms with Crippen LogP contribution in [-0.2, 0) is 9.53 Å².